The Bertz CT molecular complexity index is 799. The van der Waals surface area contributed by atoms with Crippen LogP contribution in [0.25, 0.3) is 21.8 Å². The largest absolute Gasteiger partial charge is 0.261 e. The first-order valence-electron chi connectivity index (χ1n) is 7.03. The molecule has 2 aromatic heterocycles. The molecule has 2 heterocycles. The van der Waals surface area contributed by atoms with Gasteiger partial charge in [-0.3, -0.25) is 4.98 Å². The molecule has 1 aromatic carbocycles. The van der Waals surface area contributed by atoms with Crippen molar-refractivity contribution in [3.05, 3.63) is 57.6 Å². The van der Waals surface area contributed by atoms with Crippen LogP contribution in [0.4, 0.5) is 0 Å². The Hall–Kier alpha value is -1.42. The van der Waals surface area contributed by atoms with Gasteiger partial charge in [0.1, 0.15) is 5.01 Å². The summed E-state index contributed by atoms with van der Waals surface area (Å²) in [7, 11) is 0. The van der Waals surface area contributed by atoms with Crippen molar-refractivity contribution in [2.75, 3.05) is 0 Å². The van der Waals surface area contributed by atoms with Crippen LogP contribution in [0, 0.1) is 0 Å². The van der Waals surface area contributed by atoms with E-state index < -0.39 is 0 Å². The van der Waals surface area contributed by atoms with Gasteiger partial charge in [-0.05, 0) is 36.8 Å². The molecule has 0 atom stereocenters. The van der Waals surface area contributed by atoms with Gasteiger partial charge in [0, 0.05) is 33.4 Å². The van der Waals surface area contributed by atoms with Gasteiger partial charge in [-0.15, -0.1) is 11.3 Å². The molecule has 3 rings (SSSR count). The minimum Gasteiger partial charge on any atom is -0.261 e. The molecule has 0 unspecified atom stereocenters. The molecule has 0 amide bonds. The Morgan fingerprint density at radius 1 is 1.14 bits per heavy atom. The van der Waals surface area contributed by atoms with Gasteiger partial charge in [0.2, 0.25) is 0 Å². The number of halogens is 2. The molecule has 2 nitrogen and oxygen atoms in total. The average Bonchev–Trinajstić information content (AvgIpc) is 2.97. The molecule has 0 N–H and O–H groups in total. The van der Waals surface area contributed by atoms with Crippen molar-refractivity contribution >= 4 is 34.5 Å². The summed E-state index contributed by atoms with van der Waals surface area (Å²) in [6.07, 6.45) is 3.91. The molecular weight excluding hydrogens is 335 g/mol. The number of hydrogen-bond donors (Lipinski definition) is 0. The summed E-state index contributed by atoms with van der Waals surface area (Å²) in [5.74, 6) is 0. The van der Waals surface area contributed by atoms with Crippen molar-refractivity contribution < 1.29 is 0 Å². The van der Waals surface area contributed by atoms with Gasteiger partial charge in [-0.25, -0.2) is 4.98 Å². The normalized spacial score (nSPS) is 10.9. The van der Waals surface area contributed by atoms with Crippen molar-refractivity contribution in [2.45, 2.75) is 19.8 Å². The Morgan fingerprint density at radius 2 is 2.00 bits per heavy atom. The van der Waals surface area contributed by atoms with E-state index in [4.69, 9.17) is 28.2 Å². The van der Waals surface area contributed by atoms with Gasteiger partial charge in [0.25, 0.3) is 0 Å². The highest BCUT2D eigenvalue weighted by atomic mass is 35.5. The first kappa shape index (κ1) is 15.5. The zero-order valence-corrected chi connectivity index (χ0v) is 14.3. The molecule has 0 aliphatic carbocycles. The summed E-state index contributed by atoms with van der Waals surface area (Å²) in [4.78, 5) is 9.09. The number of pyridine rings is 1. The van der Waals surface area contributed by atoms with Crippen molar-refractivity contribution in [1.82, 2.24) is 9.97 Å². The van der Waals surface area contributed by atoms with Crippen LogP contribution in [0.5, 0.6) is 0 Å². The Morgan fingerprint density at radius 3 is 2.77 bits per heavy atom. The summed E-state index contributed by atoms with van der Waals surface area (Å²) in [6, 6.07) is 9.57. The summed E-state index contributed by atoms with van der Waals surface area (Å²) in [5, 5.41) is 4.23. The molecular formula is C17H14Cl2N2S. The maximum Gasteiger partial charge on any atom is 0.124 e. The molecule has 22 heavy (non-hydrogen) atoms. The molecule has 3 aromatic rings. The second kappa shape index (κ2) is 6.78. The lowest BCUT2D eigenvalue weighted by Crippen LogP contribution is -1.89. The highest BCUT2D eigenvalue weighted by molar-refractivity contribution is 7.13. The van der Waals surface area contributed by atoms with Crippen LogP contribution in [-0.2, 0) is 6.42 Å². The fourth-order valence-electron chi connectivity index (χ4n) is 2.23. The monoisotopic (exact) mass is 348 g/mol. The smallest absolute Gasteiger partial charge is 0.124 e. The summed E-state index contributed by atoms with van der Waals surface area (Å²) >= 11 is 13.8. The first-order chi connectivity index (χ1) is 10.7. The Kier molecular flexibility index (Phi) is 4.77. The van der Waals surface area contributed by atoms with E-state index in [2.05, 4.69) is 18.0 Å². The quantitative estimate of drug-likeness (QED) is 0.566. The fraction of sp³-hybridized carbons (Fsp3) is 0.176. The molecule has 5 heteroatoms. The molecule has 0 saturated carbocycles. The third-order valence-corrected chi connectivity index (χ3v) is 4.72. The van der Waals surface area contributed by atoms with Gasteiger partial charge in [-0.1, -0.05) is 36.5 Å². The average molecular weight is 349 g/mol. The Balaban J connectivity index is 1.95. The molecule has 0 aliphatic rings. The van der Waals surface area contributed by atoms with Gasteiger partial charge in [0.15, 0.2) is 0 Å². The molecule has 0 spiro atoms. The highest BCUT2D eigenvalue weighted by Crippen LogP contribution is 2.34. The summed E-state index contributed by atoms with van der Waals surface area (Å²) < 4.78 is 0. The standard InChI is InChI=1S/C17H14Cl2N2S/c1-2-3-13-8-11(6-7-20-13)17-21-16(10-22-17)14-5-4-12(18)9-15(14)19/h4-10H,2-3H2,1H3. The van der Waals surface area contributed by atoms with Gasteiger partial charge >= 0.3 is 0 Å². The van der Waals surface area contributed by atoms with Crippen LogP contribution >= 0.6 is 34.5 Å². The maximum atomic E-state index is 6.26. The number of aryl methyl sites for hydroxylation is 1. The predicted molar refractivity (Wildman–Crippen MR) is 94.8 cm³/mol. The molecule has 0 radical (unpaired) electrons. The van der Waals surface area contributed by atoms with E-state index in [0.29, 0.717) is 10.0 Å². The lowest BCUT2D eigenvalue weighted by molar-refractivity contribution is 0.883. The third-order valence-electron chi connectivity index (χ3n) is 3.28. The molecule has 0 fully saturated rings. The number of benzene rings is 1. The van der Waals surface area contributed by atoms with E-state index in [1.807, 2.05) is 29.8 Å². The van der Waals surface area contributed by atoms with E-state index in [-0.39, 0.29) is 0 Å². The van der Waals surface area contributed by atoms with Crippen LogP contribution in [0.15, 0.2) is 41.9 Å². The van der Waals surface area contributed by atoms with Crippen molar-refractivity contribution in [1.29, 1.82) is 0 Å². The summed E-state index contributed by atoms with van der Waals surface area (Å²) in [6.45, 7) is 2.15. The van der Waals surface area contributed by atoms with Crippen LogP contribution < -0.4 is 0 Å². The minimum absolute atomic E-state index is 0.616. The zero-order valence-electron chi connectivity index (χ0n) is 12.0. The van der Waals surface area contributed by atoms with E-state index in [9.17, 15) is 0 Å². The topological polar surface area (TPSA) is 25.8 Å². The van der Waals surface area contributed by atoms with Crippen molar-refractivity contribution in [3.8, 4) is 21.8 Å². The zero-order chi connectivity index (χ0) is 15.5. The lowest BCUT2D eigenvalue weighted by Gasteiger charge is -2.02. The van der Waals surface area contributed by atoms with Gasteiger partial charge < -0.3 is 0 Å². The minimum atomic E-state index is 0.616. The van der Waals surface area contributed by atoms with Crippen LogP contribution in [0.1, 0.15) is 19.0 Å². The fourth-order valence-corrected chi connectivity index (χ4v) is 3.55. The number of nitrogens with zero attached hydrogens (tertiary/aromatic N) is 2. The second-order valence-corrected chi connectivity index (χ2v) is 6.65. The van der Waals surface area contributed by atoms with E-state index in [1.165, 1.54) is 0 Å². The summed E-state index contributed by atoms with van der Waals surface area (Å²) in [5.41, 5.74) is 3.97. The lowest BCUT2D eigenvalue weighted by atomic mass is 10.1. The second-order valence-electron chi connectivity index (χ2n) is 4.95. The SMILES string of the molecule is CCCc1cc(-c2nc(-c3ccc(Cl)cc3Cl)cs2)ccn1. The van der Waals surface area contributed by atoms with Gasteiger partial charge in [-0.2, -0.15) is 0 Å². The highest BCUT2D eigenvalue weighted by Gasteiger charge is 2.10. The molecule has 0 bridgehead atoms. The first-order valence-corrected chi connectivity index (χ1v) is 8.67. The van der Waals surface area contributed by atoms with E-state index in [0.717, 1.165) is 40.4 Å². The van der Waals surface area contributed by atoms with Crippen LogP contribution in [0.3, 0.4) is 0 Å². The van der Waals surface area contributed by atoms with Crippen LogP contribution in [0.2, 0.25) is 10.0 Å². The number of rotatable bonds is 4. The maximum absolute atomic E-state index is 6.26. The predicted octanol–water partition coefficient (Wildman–Crippen LogP) is 6.13. The number of hydrogen-bond acceptors (Lipinski definition) is 3. The van der Waals surface area contributed by atoms with E-state index in [1.54, 1.807) is 17.4 Å². The number of aromatic nitrogens is 2. The Labute approximate surface area is 143 Å². The molecule has 112 valence electrons. The van der Waals surface area contributed by atoms with E-state index >= 15 is 0 Å². The molecule has 0 aliphatic heterocycles. The van der Waals surface area contributed by atoms with Crippen molar-refractivity contribution in [2.24, 2.45) is 0 Å². The third kappa shape index (κ3) is 3.32. The van der Waals surface area contributed by atoms with Crippen LogP contribution in [-0.4, -0.2) is 9.97 Å². The molecule has 0 saturated heterocycles. The number of thiazole rings is 1. The van der Waals surface area contributed by atoms with Gasteiger partial charge in [0.05, 0.1) is 10.7 Å². The van der Waals surface area contributed by atoms with Crippen molar-refractivity contribution in [3.63, 3.8) is 0 Å².